The van der Waals surface area contributed by atoms with Crippen molar-refractivity contribution in [2.24, 2.45) is 0 Å². The highest BCUT2D eigenvalue weighted by molar-refractivity contribution is 6.31. The molecule has 0 radical (unpaired) electrons. The van der Waals surface area contributed by atoms with Gasteiger partial charge in [0.1, 0.15) is 11.9 Å². The van der Waals surface area contributed by atoms with Crippen LogP contribution in [0.4, 0.5) is 10.5 Å². The lowest BCUT2D eigenvalue weighted by atomic mass is 10.1. The fourth-order valence-electron chi connectivity index (χ4n) is 3.35. The number of rotatable bonds is 4. The van der Waals surface area contributed by atoms with Crippen molar-refractivity contribution < 1.29 is 14.3 Å². The largest absolute Gasteiger partial charge is 0.495 e. The van der Waals surface area contributed by atoms with Crippen molar-refractivity contribution in [2.75, 3.05) is 46.3 Å². The van der Waals surface area contributed by atoms with Gasteiger partial charge in [0.2, 0.25) is 5.91 Å². The Morgan fingerprint density at radius 2 is 2.20 bits per heavy atom. The summed E-state index contributed by atoms with van der Waals surface area (Å²) in [7, 11) is 5.07. The molecule has 25 heavy (non-hydrogen) atoms. The molecule has 136 valence electrons. The fourth-order valence-corrected chi connectivity index (χ4v) is 3.52. The molecule has 2 aliphatic heterocycles. The van der Waals surface area contributed by atoms with Gasteiger partial charge in [-0.1, -0.05) is 11.6 Å². The van der Waals surface area contributed by atoms with E-state index in [2.05, 4.69) is 10.6 Å². The minimum Gasteiger partial charge on any atom is -0.495 e. The average molecular weight is 368 g/mol. The number of hydrogen-bond acceptors (Lipinski definition) is 5. The standard InChI is InChI=1S/C16H22ClN5O3/c1-20-7-12-15(21(2)16(20)24)18-9-22(12)8-14(23)19-11-6-10(17)4-5-13(11)25-3/h4-6,12,15,18H,7-9H2,1-3H3,(H,19,23). The molecule has 3 amide bonds. The number of anilines is 1. The molecule has 2 fully saturated rings. The number of amides is 3. The monoisotopic (exact) mass is 367 g/mol. The van der Waals surface area contributed by atoms with Gasteiger partial charge >= 0.3 is 6.03 Å². The molecule has 2 aliphatic rings. The fraction of sp³-hybridized carbons (Fsp3) is 0.500. The first-order valence-electron chi connectivity index (χ1n) is 7.99. The Kier molecular flexibility index (Phi) is 5.03. The van der Waals surface area contributed by atoms with Gasteiger partial charge in [-0.05, 0) is 18.2 Å². The molecule has 2 N–H and O–H groups in total. The predicted molar refractivity (Wildman–Crippen MR) is 94.7 cm³/mol. The maximum absolute atomic E-state index is 12.5. The topological polar surface area (TPSA) is 77.1 Å². The van der Waals surface area contributed by atoms with Gasteiger partial charge in [-0.3, -0.25) is 15.0 Å². The summed E-state index contributed by atoms with van der Waals surface area (Å²) in [5, 5.41) is 6.65. The third-order valence-electron chi connectivity index (χ3n) is 4.63. The first-order valence-corrected chi connectivity index (χ1v) is 8.37. The summed E-state index contributed by atoms with van der Waals surface area (Å²) in [5.74, 6) is 0.392. The molecule has 2 unspecified atom stereocenters. The van der Waals surface area contributed by atoms with Gasteiger partial charge < -0.3 is 19.9 Å². The molecule has 9 heteroatoms. The zero-order chi connectivity index (χ0) is 18.1. The molecule has 2 heterocycles. The van der Waals surface area contributed by atoms with Gasteiger partial charge in [-0.25, -0.2) is 4.79 Å². The van der Waals surface area contributed by atoms with Crippen molar-refractivity contribution in [3.05, 3.63) is 23.2 Å². The maximum atomic E-state index is 12.5. The van der Waals surface area contributed by atoms with Crippen LogP contribution in [0, 0.1) is 0 Å². The number of nitrogens with one attached hydrogen (secondary N) is 2. The second-order valence-electron chi connectivity index (χ2n) is 6.29. The van der Waals surface area contributed by atoms with Crippen LogP contribution in [0.15, 0.2) is 18.2 Å². The van der Waals surface area contributed by atoms with Crippen molar-refractivity contribution in [1.29, 1.82) is 0 Å². The lowest BCUT2D eigenvalue weighted by molar-refractivity contribution is -0.117. The number of methoxy groups -OCH3 is 1. The van der Waals surface area contributed by atoms with Gasteiger partial charge in [0.25, 0.3) is 0 Å². The number of likely N-dealkylation sites (N-methyl/N-ethyl adjacent to an activating group) is 2. The van der Waals surface area contributed by atoms with E-state index in [0.717, 1.165) is 0 Å². The van der Waals surface area contributed by atoms with Gasteiger partial charge in [0.15, 0.2) is 0 Å². The minimum atomic E-state index is -0.162. The van der Waals surface area contributed by atoms with E-state index in [9.17, 15) is 9.59 Å². The summed E-state index contributed by atoms with van der Waals surface area (Å²) in [5.41, 5.74) is 0.539. The molecule has 1 aromatic carbocycles. The van der Waals surface area contributed by atoms with E-state index in [1.54, 1.807) is 49.2 Å². The highest BCUT2D eigenvalue weighted by Crippen LogP contribution is 2.28. The third-order valence-corrected chi connectivity index (χ3v) is 4.86. The number of ether oxygens (including phenoxy) is 1. The van der Waals surface area contributed by atoms with Crippen LogP contribution in [0.25, 0.3) is 0 Å². The number of nitrogens with zero attached hydrogens (tertiary/aromatic N) is 3. The summed E-state index contributed by atoms with van der Waals surface area (Å²) in [4.78, 5) is 29.9. The number of carbonyl (C=O) groups is 2. The summed E-state index contributed by atoms with van der Waals surface area (Å²) in [6.07, 6.45) is -0.0859. The lowest BCUT2D eigenvalue weighted by Crippen LogP contribution is -2.62. The summed E-state index contributed by atoms with van der Waals surface area (Å²) in [6.45, 7) is 1.33. The Labute approximate surface area is 151 Å². The van der Waals surface area contributed by atoms with Gasteiger partial charge in [0.05, 0.1) is 32.1 Å². The van der Waals surface area contributed by atoms with Gasteiger partial charge in [-0.2, -0.15) is 0 Å². The minimum absolute atomic E-state index is 0.0243. The predicted octanol–water partition coefficient (Wildman–Crippen LogP) is 0.842. The van der Waals surface area contributed by atoms with E-state index >= 15 is 0 Å². The van der Waals surface area contributed by atoms with Crippen LogP contribution in [0.5, 0.6) is 5.75 Å². The summed E-state index contributed by atoms with van der Waals surface area (Å²) < 4.78 is 5.25. The van der Waals surface area contributed by atoms with Crippen LogP contribution in [0.3, 0.4) is 0 Å². The van der Waals surface area contributed by atoms with Crippen molar-refractivity contribution in [3.8, 4) is 5.75 Å². The molecule has 0 bridgehead atoms. The van der Waals surface area contributed by atoms with Gasteiger partial charge in [0, 0.05) is 25.7 Å². The highest BCUT2D eigenvalue weighted by atomic mass is 35.5. The first-order chi connectivity index (χ1) is 11.9. The van der Waals surface area contributed by atoms with Crippen LogP contribution < -0.4 is 15.4 Å². The molecule has 1 aromatic rings. The molecule has 2 atom stereocenters. The molecule has 8 nitrogen and oxygen atoms in total. The molecular weight excluding hydrogens is 346 g/mol. The van der Waals surface area contributed by atoms with Crippen molar-refractivity contribution in [2.45, 2.75) is 12.2 Å². The Bertz CT molecular complexity index is 686. The number of fused-ring (bicyclic) bond motifs is 1. The lowest BCUT2D eigenvalue weighted by Gasteiger charge is -2.41. The second-order valence-corrected chi connectivity index (χ2v) is 6.72. The van der Waals surface area contributed by atoms with Crippen LogP contribution in [0.1, 0.15) is 0 Å². The number of halogens is 1. The molecule has 2 saturated heterocycles. The normalized spacial score (nSPS) is 23.6. The van der Waals surface area contributed by atoms with Crippen LogP contribution in [-0.4, -0.2) is 79.8 Å². The van der Waals surface area contributed by atoms with Crippen LogP contribution >= 0.6 is 11.6 Å². The quantitative estimate of drug-likeness (QED) is 0.824. The second kappa shape index (κ2) is 7.07. The zero-order valence-electron chi connectivity index (χ0n) is 14.5. The summed E-state index contributed by atoms with van der Waals surface area (Å²) >= 11 is 5.99. The Morgan fingerprint density at radius 3 is 2.92 bits per heavy atom. The van der Waals surface area contributed by atoms with E-state index in [4.69, 9.17) is 16.3 Å². The maximum Gasteiger partial charge on any atom is 0.320 e. The molecule has 0 aromatic heterocycles. The number of hydrogen-bond donors (Lipinski definition) is 2. The Morgan fingerprint density at radius 1 is 1.44 bits per heavy atom. The van der Waals surface area contributed by atoms with E-state index in [1.165, 1.54) is 0 Å². The third kappa shape index (κ3) is 3.51. The number of carbonyl (C=O) groups excluding carboxylic acids is 2. The molecule has 0 spiro atoms. The van der Waals surface area contributed by atoms with Crippen LogP contribution in [0.2, 0.25) is 5.02 Å². The van der Waals surface area contributed by atoms with Crippen molar-refractivity contribution in [3.63, 3.8) is 0 Å². The van der Waals surface area contributed by atoms with E-state index in [0.29, 0.717) is 29.7 Å². The number of benzene rings is 1. The molecule has 0 aliphatic carbocycles. The number of urea groups is 1. The Hall–Kier alpha value is -2.03. The van der Waals surface area contributed by atoms with Gasteiger partial charge in [-0.15, -0.1) is 0 Å². The molecular formula is C16H22ClN5O3. The first kappa shape index (κ1) is 17.8. The van der Waals surface area contributed by atoms with E-state index in [1.807, 2.05) is 4.90 Å². The smallest absolute Gasteiger partial charge is 0.320 e. The van der Waals surface area contributed by atoms with Crippen LogP contribution in [-0.2, 0) is 4.79 Å². The average Bonchev–Trinajstić information content (AvgIpc) is 2.95. The SMILES string of the molecule is COc1ccc(Cl)cc1NC(=O)CN1CNC2C1CN(C)C(=O)N2C. The molecule has 0 saturated carbocycles. The summed E-state index contributed by atoms with van der Waals surface area (Å²) in [6, 6.07) is 5.10. The van der Waals surface area contributed by atoms with E-state index in [-0.39, 0.29) is 30.7 Å². The Balaban J connectivity index is 1.66. The highest BCUT2D eigenvalue weighted by Gasteiger charge is 2.44. The van der Waals surface area contributed by atoms with Crippen molar-refractivity contribution in [1.82, 2.24) is 20.0 Å². The van der Waals surface area contributed by atoms with E-state index < -0.39 is 0 Å². The van der Waals surface area contributed by atoms with Crippen molar-refractivity contribution >= 4 is 29.2 Å². The molecule has 3 rings (SSSR count). The zero-order valence-corrected chi connectivity index (χ0v) is 15.2.